The van der Waals surface area contributed by atoms with Crippen molar-refractivity contribution in [3.63, 3.8) is 0 Å². The Hall–Kier alpha value is -8.64. The van der Waals surface area contributed by atoms with E-state index >= 15 is 0 Å². The van der Waals surface area contributed by atoms with Gasteiger partial charge in [0.1, 0.15) is 49.0 Å². The molecule has 2 aromatic heterocycles. The van der Waals surface area contributed by atoms with Crippen molar-refractivity contribution in [1.29, 1.82) is 0 Å². The molecule has 4 aromatic rings. The van der Waals surface area contributed by atoms with Gasteiger partial charge in [0, 0.05) is 81.2 Å². The van der Waals surface area contributed by atoms with E-state index in [9.17, 15) is 47.9 Å². The second-order valence-corrected chi connectivity index (χ2v) is 23.9. The van der Waals surface area contributed by atoms with Gasteiger partial charge >= 0.3 is 0 Å². The van der Waals surface area contributed by atoms with Gasteiger partial charge in [0.15, 0.2) is 0 Å². The van der Waals surface area contributed by atoms with E-state index in [1.807, 2.05) is 31.2 Å². The Labute approximate surface area is 548 Å². The molecule has 512 valence electrons. The second-order valence-electron chi connectivity index (χ2n) is 23.9. The Morgan fingerprint density at radius 3 is 1.71 bits per heavy atom. The maximum absolute atomic E-state index is 14.7. The van der Waals surface area contributed by atoms with Gasteiger partial charge in [-0.2, -0.15) is 5.10 Å². The van der Waals surface area contributed by atoms with E-state index < -0.39 is 89.4 Å². The third kappa shape index (κ3) is 32.5. The number of primary amides is 1. The van der Waals surface area contributed by atoms with E-state index in [1.165, 1.54) is 103 Å². The van der Waals surface area contributed by atoms with Crippen LogP contribution < -0.4 is 59.0 Å². The van der Waals surface area contributed by atoms with Gasteiger partial charge in [-0.3, -0.25) is 47.9 Å². The van der Waals surface area contributed by atoms with Crippen molar-refractivity contribution in [2.75, 3.05) is 26.2 Å². The predicted molar refractivity (Wildman–Crippen MR) is 360 cm³/mol. The van der Waals surface area contributed by atoms with Crippen molar-refractivity contribution in [3.8, 4) is 0 Å². The number of para-hydroxylation sites is 1. The maximum atomic E-state index is 14.7. The van der Waals surface area contributed by atoms with Crippen LogP contribution in [0, 0.1) is 0 Å². The molecule has 0 spiro atoms. The van der Waals surface area contributed by atoms with E-state index in [0.717, 1.165) is 42.8 Å². The van der Waals surface area contributed by atoms with Crippen LogP contribution in [0.1, 0.15) is 192 Å². The predicted octanol–water partition coefficient (Wildman–Crippen LogP) is 5.29. The molecule has 4 rings (SSSR count). The minimum atomic E-state index is -1.35. The number of hydrazone groups is 1. The Morgan fingerprint density at radius 2 is 1.06 bits per heavy atom. The number of hydrogen-bond donors (Lipinski definition) is 13. The van der Waals surface area contributed by atoms with Crippen molar-refractivity contribution in [2.45, 2.75) is 231 Å². The number of H-pyrrole nitrogens is 2. The van der Waals surface area contributed by atoms with Crippen LogP contribution in [0.15, 0.2) is 78.4 Å². The molecule has 0 aliphatic heterocycles. The van der Waals surface area contributed by atoms with Gasteiger partial charge in [-0.05, 0) is 62.6 Å². The number of imidazole rings is 1. The second kappa shape index (κ2) is 45.6. The van der Waals surface area contributed by atoms with Crippen LogP contribution >= 0.6 is 0 Å². The first kappa shape index (κ1) is 76.8. The molecular formula is C68H105N15O10. The lowest BCUT2D eigenvalue weighted by Gasteiger charge is -2.27. The summed E-state index contributed by atoms with van der Waals surface area (Å²) in [4.78, 5) is 143. The highest BCUT2D eigenvalue weighted by atomic mass is 16.2. The van der Waals surface area contributed by atoms with Crippen molar-refractivity contribution < 1.29 is 47.9 Å². The topological polar surface area (TPSA) is 374 Å². The first-order valence-electron chi connectivity index (χ1n) is 33.7. The molecule has 0 unspecified atom stereocenters. The maximum Gasteiger partial charge on any atom is 0.264 e. The first-order valence-corrected chi connectivity index (χ1v) is 33.7. The third-order valence-electron chi connectivity index (χ3n) is 15.9. The van der Waals surface area contributed by atoms with Crippen LogP contribution in [-0.2, 0) is 67.2 Å². The number of fused-ring (bicyclic) bond motifs is 1. The fourth-order valence-electron chi connectivity index (χ4n) is 10.6. The van der Waals surface area contributed by atoms with Gasteiger partial charge in [-0.1, -0.05) is 165 Å². The molecule has 10 amide bonds. The number of nitrogens with one attached hydrogen (secondary N) is 12. The van der Waals surface area contributed by atoms with Gasteiger partial charge in [0.2, 0.25) is 53.2 Å². The Balaban J connectivity index is 1.30. The number of carbonyl (C=O) groups excluding carboxylic acids is 10. The quantitative estimate of drug-likeness (QED) is 0.0152. The van der Waals surface area contributed by atoms with Crippen LogP contribution in [-0.4, -0.2) is 143 Å². The van der Waals surface area contributed by atoms with Crippen molar-refractivity contribution in [1.82, 2.24) is 68.2 Å². The molecule has 14 N–H and O–H groups in total. The van der Waals surface area contributed by atoms with E-state index in [2.05, 4.69) is 80.3 Å². The molecule has 6 atom stereocenters. The van der Waals surface area contributed by atoms with Crippen molar-refractivity contribution in [2.24, 2.45) is 10.8 Å². The largest absolute Gasteiger partial charge is 0.368 e. The SMILES string of the molecule is CCCCCCCCCCCCCCCCCC(=O)NCCCNC(=O)/C=N/NCC(=O)NCCCC[C@H](NC(=O)[C@@H](Cc1ccccc1)NC(=O)[C@H](Cc1cnc[nH]1)NC(=O)[C@H](C)NC(=O)[C@H](CCCC)NC(C)=O)C(=O)N[C@@H](Cc1c[nH]c2ccccc12)C(N)=O. The van der Waals surface area contributed by atoms with Crippen LogP contribution in [0.3, 0.4) is 0 Å². The summed E-state index contributed by atoms with van der Waals surface area (Å²) in [5.41, 5.74) is 11.1. The number of benzene rings is 2. The number of unbranched alkanes of at least 4 members (excludes halogenated alkanes) is 16. The molecule has 0 aliphatic rings. The Kier molecular flexibility index (Phi) is 37.7. The summed E-state index contributed by atoms with van der Waals surface area (Å²) >= 11 is 0. The van der Waals surface area contributed by atoms with Crippen LogP contribution in [0.5, 0.6) is 0 Å². The number of carbonyl (C=O) groups is 10. The zero-order chi connectivity index (χ0) is 67.4. The third-order valence-corrected chi connectivity index (χ3v) is 15.9. The summed E-state index contributed by atoms with van der Waals surface area (Å²) in [6, 6.07) is 8.99. The number of nitrogens with zero attached hydrogens (tertiary/aromatic N) is 2. The van der Waals surface area contributed by atoms with Crippen LogP contribution in [0.2, 0.25) is 0 Å². The minimum absolute atomic E-state index is 0.00492. The van der Waals surface area contributed by atoms with E-state index in [4.69, 9.17) is 5.73 Å². The van der Waals surface area contributed by atoms with Gasteiger partial charge in [-0.25, -0.2) is 4.98 Å². The fraction of sp³-hybridized carbons (Fsp3) is 0.588. The Bertz CT molecular complexity index is 2920. The minimum Gasteiger partial charge on any atom is -0.368 e. The zero-order valence-corrected chi connectivity index (χ0v) is 55.2. The number of nitrogens with two attached hydrogens (primary N) is 1. The molecule has 0 radical (unpaired) electrons. The highest BCUT2D eigenvalue weighted by Gasteiger charge is 2.33. The number of amides is 10. The monoisotopic (exact) mass is 1290 g/mol. The van der Waals surface area contributed by atoms with Gasteiger partial charge in [-0.15, -0.1) is 0 Å². The molecule has 2 heterocycles. The zero-order valence-electron chi connectivity index (χ0n) is 55.2. The molecule has 25 heteroatoms. The lowest BCUT2D eigenvalue weighted by molar-refractivity contribution is -0.135. The first-order chi connectivity index (χ1) is 45.0. The summed E-state index contributed by atoms with van der Waals surface area (Å²) in [5, 5.41) is 29.3. The average molecular weight is 1290 g/mol. The van der Waals surface area contributed by atoms with E-state index in [1.54, 1.807) is 36.5 Å². The fourth-order valence-corrected chi connectivity index (χ4v) is 10.6. The molecule has 0 fully saturated rings. The molecule has 0 bridgehead atoms. The average Bonchev–Trinajstić information content (AvgIpc) is 1.76. The van der Waals surface area contributed by atoms with Crippen LogP contribution in [0.25, 0.3) is 10.9 Å². The lowest BCUT2D eigenvalue weighted by Crippen LogP contribution is -2.60. The van der Waals surface area contributed by atoms with Crippen LogP contribution in [0.4, 0.5) is 0 Å². The van der Waals surface area contributed by atoms with Crippen molar-refractivity contribution >= 4 is 76.2 Å². The van der Waals surface area contributed by atoms with E-state index in [-0.39, 0.29) is 51.1 Å². The van der Waals surface area contributed by atoms with Gasteiger partial charge < -0.3 is 69.0 Å². The standard InChI is InChI=1S/C68H105N15O10/c1-5-7-9-10-11-12-13-14-15-16-17-18-19-20-24-36-60(85)71-38-29-39-73-62(87)46-77-76-45-61(86)72-37-28-27-35-56(66(91)81-57(63(69)88)41-51-43-74-54-34-26-25-32-53(51)54)80-67(92)58(40-50-30-22-21-23-31-50)83-68(93)59(42-52-44-70-47-75-52)82-64(89)48(3)78-65(90)55(33-8-6-2)79-49(4)84/h21-23,25-26,30-32,34,43-44,46-48,55-59,74,76H,5-20,24,27-29,33,35-42,45H2,1-4H3,(H2,69,88)(H,70,75)(H,71,85)(H,72,86)(H,73,87)(H,78,90)(H,79,84)(H,80,92)(H,81,91)(H,82,89)(H,83,93)/b77-46+/t48-,55-,56-,57-,58+,59-/m0/s1. The molecule has 0 aliphatic carbocycles. The van der Waals surface area contributed by atoms with Gasteiger partial charge in [0.05, 0.1) is 6.33 Å². The summed E-state index contributed by atoms with van der Waals surface area (Å²) in [7, 11) is 0. The number of hydrogen-bond acceptors (Lipinski definition) is 13. The smallest absolute Gasteiger partial charge is 0.264 e. The summed E-state index contributed by atoms with van der Waals surface area (Å²) < 4.78 is 0. The molecular weight excluding hydrogens is 1190 g/mol. The summed E-state index contributed by atoms with van der Waals surface area (Å²) in [5.74, 6) is -5.76. The molecule has 0 saturated heterocycles. The summed E-state index contributed by atoms with van der Waals surface area (Å²) in [6.07, 6.45) is 27.8. The molecule has 0 saturated carbocycles. The molecule has 93 heavy (non-hydrogen) atoms. The number of aromatic amines is 2. The van der Waals surface area contributed by atoms with Crippen molar-refractivity contribution in [3.05, 3.63) is 90.1 Å². The molecule has 2 aromatic carbocycles. The number of aromatic nitrogens is 3. The Morgan fingerprint density at radius 1 is 0.527 bits per heavy atom. The normalized spacial score (nSPS) is 13.1. The summed E-state index contributed by atoms with van der Waals surface area (Å²) in [6.45, 7) is 7.57. The van der Waals surface area contributed by atoms with Gasteiger partial charge in [0.25, 0.3) is 5.91 Å². The number of rotatable bonds is 50. The highest BCUT2D eigenvalue weighted by Crippen LogP contribution is 2.20. The highest BCUT2D eigenvalue weighted by molar-refractivity contribution is 6.26. The van der Waals surface area contributed by atoms with E-state index in [0.29, 0.717) is 62.0 Å². The lowest BCUT2D eigenvalue weighted by atomic mass is 10.0. The molecule has 25 nitrogen and oxygen atoms in total.